The van der Waals surface area contributed by atoms with Gasteiger partial charge in [0, 0.05) is 11.8 Å². The minimum Gasteiger partial charge on any atom is -0.486 e. The molecule has 6 heteroatoms. The van der Waals surface area contributed by atoms with Gasteiger partial charge in [-0.25, -0.2) is 9.37 Å². The lowest BCUT2D eigenvalue weighted by Gasteiger charge is -2.12. The zero-order chi connectivity index (χ0) is 18.2. The van der Waals surface area contributed by atoms with E-state index >= 15 is 0 Å². The first-order chi connectivity index (χ1) is 12.0. The fourth-order valence-corrected chi connectivity index (χ4v) is 3.09. The Bertz CT molecular complexity index is 724. The van der Waals surface area contributed by atoms with Crippen LogP contribution in [0.3, 0.4) is 0 Å². The normalized spacial score (nSPS) is 12.0. The van der Waals surface area contributed by atoms with Gasteiger partial charge in [-0.2, -0.15) is 0 Å². The third kappa shape index (κ3) is 5.74. The second-order valence-corrected chi connectivity index (χ2v) is 6.90. The van der Waals surface area contributed by atoms with Crippen LogP contribution >= 0.6 is 11.8 Å². The molecule has 0 fully saturated rings. The summed E-state index contributed by atoms with van der Waals surface area (Å²) in [6.45, 7) is 3.94. The molecule has 1 unspecified atom stereocenters. The first kappa shape index (κ1) is 19.2. The highest BCUT2D eigenvalue weighted by Gasteiger charge is 2.14. The topological polar surface area (TPSA) is 59.4 Å². The van der Waals surface area contributed by atoms with Gasteiger partial charge in [0.1, 0.15) is 11.6 Å². The quantitative estimate of drug-likeness (QED) is 0.662. The number of carboxylic acid groups (broad SMARTS) is 1. The number of aliphatic carboxylic acids is 1. The molecule has 1 aromatic carbocycles. The minimum atomic E-state index is -0.894. The number of rotatable bonds is 9. The lowest BCUT2D eigenvalue weighted by Crippen LogP contribution is -2.12. The van der Waals surface area contributed by atoms with Gasteiger partial charge >= 0.3 is 5.97 Å². The molecule has 2 aromatic rings. The number of hydrogen-bond acceptors (Lipinski definition) is 4. The van der Waals surface area contributed by atoms with Crippen LogP contribution < -0.4 is 4.74 Å². The number of halogens is 1. The van der Waals surface area contributed by atoms with Gasteiger partial charge in [0.25, 0.3) is 0 Å². The molecule has 0 aliphatic heterocycles. The van der Waals surface area contributed by atoms with Crippen molar-refractivity contribution in [2.24, 2.45) is 5.92 Å². The molecular weight excluding hydrogens is 341 g/mol. The monoisotopic (exact) mass is 363 g/mol. The molecule has 0 saturated heterocycles. The standard InChI is InChI=1S/C19H22FNO3S/c1-3-9-25-18-15(5-4-8-21-18)12-24-17-7-6-14(11-16(17)20)10-13(2)19(22)23/h4-8,11,13H,3,9-10,12H2,1-2H3,(H,22,23). The fourth-order valence-electron chi connectivity index (χ4n) is 2.25. The van der Waals surface area contributed by atoms with Crippen LogP contribution in [0.4, 0.5) is 4.39 Å². The molecule has 0 spiro atoms. The molecule has 0 saturated carbocycles. The second-order valence-electron chi connectivity index (χ2n) is 5.81. The molecule has 134 valence electrons. The lowest BCUT2D eigenvalue weighted by molar-refractivity contribution is -0.141. The van der Waals surface area contributed by atoms with Gasteiger partial charge in [0.15, 0.2) is 11.6 Å². The highest BCUT2D eigenvalue weighted by Crippen LogP contribution is 2.24. The van der Waals surface area contributed by atoms with Crippen molar-refractivity contribution in [1.82, 2.24) is 4.98 Å². The van der Waals surface area contributed by atoms with E-state index in [0.29, 0.717) is 5.56 Å². The Balaban J connectivity index is 2.03. The summed E-state index contributed by atoms with van der Waals surface area (Å²) in [6, 6.07) is 8.35. The first-order valence-corrected chi connectivity index (χ1v) is 9.20. The number of nitrogens with zero attached hydrogens (tertiary/aromatic N) is 1. The highest BCUT2D eigenvalue weighted by atomic mass is 32.2. The Hall–Kier alpha value is -2.08. The second kappa shape index (κ2) is 9.42. The van der Waals surface area contributed by atoms with Gasteiger partial charge in [-0.15, -0.1) is 11.8 Å². The molecule has 1 aromatic heterocycles. The Kier molecular flexibility index (Phi) is 7.25. The molecule has 4 nitrogen and oxygen atoms in total. The maximum Gasteiger partial charge on any atom is 0.306 e. The van der Waals surface area contributed by atoms with E-state index in [0.717, 1.165) is 22.8 Å². The predicted octanol–water partition coefficient (Wildman–Crippen LogP) is 4.57. The number of benzene rings is 1. The number of aromatic nitrogens is 1. The van der Waals surface area contributed by atoms with Crippen LogP contribution in [0.15, 0.2) is 41.6 Å². The van der Waals surface area contributed by atoms with E-state index in [1.165, 1.54) is 6.07 Å². The summed E-state index contributed by atoms with van der Waals surface area (Å²) in [7, 11) is 0. The number of hydrogen-bond donors (Lipinski definition) is 1. The largest absolute Gasteiger partial charge is 0.486 e. The van der Waals surface area contributed by atoms with Crippen molar-refractivity contribution in [3.05, 3.63) is 53.5 Å². The van der Waals surface area contributed by atoms with Crippen LogP contribution in [0.5, 0.6) is 5.75 Å². The number of thioether (sulfide) groups is 1. The Morgan fingerprint density at radius 2 is 2.20 bits per heavy atom. The maximum absolute atomic E-state index is 14.2. The summed E-state index contributed by atoms with van der Waals surface area (Å²) < 4.78 is 19.8. The zero-order valence-electron chi connectivity index (χ0n) is 14.4. The van der Waals surface area contributed by atoms with E-state index in [9.17, 15) is 9.18 Å². The molecular formula is C19H22FNO3S. The smallest absolute Gasteiger partial charge is 0.306 e. The number of carboxylic acids is 1. The average Bonchev–Trinajstić information content (AvgIpc) is 2.60. The molecule has 1 N–H and O–H groups in total. The predicted molar refractivity (Wildman–Crippen MR) is 96.5 cm³/mol. The van der Waals surface area contributed by atoms with Crippen molar-refractivity contribution in [1.29, 1.82) is 0 Å². The number of carbonyl (C=O) groups is 1. The summed E-state index contributed by atoms with van der Waals surface area (Å²) in [6.07, 6.45) is 3.07. The van der Waals surface area contributed by atoms with E-state index in [1.807, 2.05) is 12.1 Å². The van der Waals surface area contributed by atoms with Crippen molar-refractivity contribution < 1.29 is 19.0 Å². The van der Waals surface area contributed by atoms with Crippen molar-refractivity contribution in [2.45, 2.75) is 38.3 Å². The molecule has 25 heavy (non-hydrogen) atoms. The molecule has 1 heterocycles. The summed E-state index contributed by atoms with van der Waals surface area (Å²) >= 11 is 1.66. The van der Waals surface area contributed by atoms with Crippen LogP contribution in [-0.4, -0.2) is 21.8 Å². The van der Waals surface area contributed by atoms with Gasteiger partial charge in [-0.3, -0.25) is 4.79 Å². The summed E-state index contributed by atoms with van der Waals surface area (Å²) in [5.41, 5.74) is 1.56. The van der Waals surface area contributed by atoms with Crippen molar-refractivity contribution >= 4 is 17.7 Å². The van der Waals surface area contributed by atoms with Crippen LogP contribution in [0.1, 0.15) is 31.4 Å². The van der Waals surface area contributed by atoms with Gasteiger partial charge < -0.3 is 9.84 Å². The van der Waals surface area contributed by atoms with Crippen molar-refractivity contribution in [3.63, 3.8) is 0 Å². The number of pyridine rings is 1. The average molecular weight is 363 g/mol. The van der Waals surface area contributed by atoms with Crippen LogP contribution in [0.25, 0.3) is 0 Å². The third-order valence-electron chi connectivity index (χ3n) is 3.64. The number of ether oxygens (including phenoxy) is 1. The Morgan fingerprint density at radius 1 is 1.40 bits per heavy atom. The molecule has 0 bridgehead atoms. The summed E-state index contributed by atoms with van der Waals surface area (Å²) in [5.74, 6) is -0.813. The lowest BCUT2D eigenvalue weighted by atomic mass is 10.0. The van der Waals surface area contributed by atoms with Gasteiger partial charge in [0.2, 0.25) is 0 Å². The fraction of sp³-hybridized carbons (Fsp3) is 0.368. The summed E-state index contributed by atoms with van der Waals surface area (Å²) in [5, 5.41) is 9.84. The molecule has 0 aliphatic rings. The van der Waals surface area contributed by atoms with Crippen molar-refractivity contribution in [2.75, 3.05) is 5.75 Å². The van der Waals surface area contributed by atoms with E-state index in [-0.39, 0.29) is 18.8 Å². The molecule has 2 rings (SSSR count). The van der Waals surface area contributed by atoms with E-state index < -0.39 is 17.7 Å². The van der Waals surface area contributed by atoms with E-state index in [4.69, 9.17) is 9.84 Å². The van der Waals surface area contributed by atoms with Crippen LogP contribution in [0, 0.1) is 11.7 Å². The maximum atomic E-state index is 14.2. The molecule has 0 radical (unpaired) electrons. The molecule has 0 amide bonds. The van der Waals surface area contributed by atoms with Crippen molar-refractivity contribution in [3.8, 4) is 5.75 Å². The Morgan fingerprint density at radius 3 is 2.88 bits per heavy atom. The van der Waals surface area contributed by atoms with Crippen LogP contribution in [-0.2, 0) is 17.8 Å². The van der Waals surface area contributed by atoms with E-state index in [1.54, 1.807) is 37.0 Å². The molecule has 1 atom stereocenters. The van der Waals surface area contributed by atoms with Gasteiger partial charge in [-0.05, 0) is 42.4 Å². The van der Waals surface area contributed by atoms with E-state index in [2.05, 4.69) is 11.9 Å². The summed E-state index contributed by atoms with van der Waals surface area (Å²) in [4.78, 5) is 15.2. The zero-order valence-corrected chi connectivity index (χ0v) is 15.2. The minimum absolute atomic E-state index is 0.155. The Labute approximate surface area is 151 Å². The third-order valence-corrected chi connectivity index (χ3v) is 4.89. The first-order valence-electron chi connectivity index (χ1n) is 8.22. The van der Waals surface area contributed by atoms with Gasteiger partial charge in [-0.1, -0.05) is 26.0 Å². The SMILES string of the molecule is CCCSc1ncccc1COc1ccc(CC(C)C(=O)O)cc1F. The highest BCUT2D eigenvalue weighted by molar-refractivity contribution is 7.99. The van der Waals surface area contributed by atoms with Crippen LogP contribution in [0.2, 0.25) is 0 Å². The molecule has 0 aliphatic carbocycles. The van der Waals surface area contributed by atoms with Gasteiger partial charge in [0.05, 0.1) is 5.92 Å².